The van der Waals surface area contributed by atoms with Crippen molar-refractivity contribution in [1.82, 2.24) is 10.2 Å². The number of hydrogen-bond acceptors (Lipinski definition) is 9. The average molecular weight is 468 g/mol. The van der Waals surface area contributed by atoms with E-state index in [0.29, 0.717) is 0 Å². The fraction of sp³-hybridized carbons (Fsp3) is 0.438. The number of rotatable bonds is 7. The van der Waals surface area contributed by atoms with Gasteiger partial charge in [0, 0.05) is 30.2 Å². The molecule has 3 atom stereocenters. The van der Waals surface area contributed by atoms with Gasteiger partial charge in [0.25, 0.3) is 5.91 Å². The maximum Gasteiger partial charge on any atom is 1.00 e. The third-order valence-electron chi connectivity index (χ3n) is 4.20. The maximum atomic E-state index is 12.6. The minimum absolute atomic E-state index is 0. The molecule has 0 aliphatic carbocycles. The summed E-state index contributed by atoms with van der Waals surface area (Å²) in [5, 5.41) is 3.97. The van der Waals surface area contributed by atoms with Gasteiger partial charge in [-0.25, -0.2) is 0 Å². The number of ether oxygens (including phenoxy) is 1. The Kier molecular flexibility index (Phi) is 8.58. The number of esters is 1. The molecule has 2 amide bonds. The van der Waals surface area contributed by atoms with Gasteiger partial charge in [-0.3, -0.25) is 19.3 Å². The van der Waals surface area contributed by atoms with Crippen LogP contribution < -0.4 is 39.8 Å². The quantitative estimate of drug-likeness (QED) is 0.205. The Bertz CT molecular complexity index is 877. The molecule has 0 aromatic carbocycles. The van der Waals surface area contributed by atoms with Gasteiger partial charge in [-0.15, -0.1) is 23.1 Å². The van der Waals surface area contributed by atoms with E-state index in [-0.39, 0.29) is 65.3 Å². The summed E-state index contributed by atoms with van der Waals surface area (Å²) in [5.41, 5.74) is -0.0119. The number of hydrogen-bond donors (Lipinski definition) is 1. The zero-order chi connectivity index (χ0) is 20.5. The van der Waals surface area contributed by atoms with Gasteiger partial charge in [-0.1, -0.05) is 6.07 Å². The van der Waals surface area contributed by atoms with Crippen LogP contribution in [0.4, 0.5) is 0 Å². The smallest absolute Gasteiger partial charge is 0.774 e. The van der Waals surface area contributed by atoms with Crippen molar-refractivity contribution in [2.45, 2.75) is 24.8 Å². The first kappa shape index (κ1) is 24.6. The van der Waals surface area contributed by atoms with Gasteiger partial charge in [-0.2, -0.15) is 0 Å². The van der Waals surface area contributed by atoms with Gasteiger partial charge in [0.2, 0.25) is 5.91 Å². The molecule has 0 bridgehead atoms. The Morgan fingerprint density at radius 1 is 1.45 bits per heavy atom. The predicted molar refractivity (Wildman–Crippen MR) is 101 cm³/mol. The van der Waals surface area contributed by atoms with Crippen molar-refractivity contribution >= 4 is 48.5 Å². The summed E-state index contributed by atoms with van der Waals surface area (Å²) >= 11 is 2.73. The summed E-state index contributed by atoms with van der Waals surface area (Å²) in [6, 6.07) is 2.83. The molecule has 1 aromatic heterocycles. The van der Waals surface area contributed by atoms with Gasteiger partial charge < -0.3 is 24.0 Å². The summed E-state index contributed by atoms with van der Waals surface area (Å²) < 4.78 is 21.9. The molecule has 1 aromatic rings. The monoisotopic (exact) mass is 468 g/mol. The van der Waals surface area contributed by atoms with E-state index in [1.54, 1.807) is 0 Å². The van der Waals surface area contributed by atoms with E-state index >= 15 is 0 Å². The van der Waals surface area contributed by atoms with Gasteiger partial charge in [0.05, 0.1) is 11.9 Å². The van der Waals surface area contributed by atoms with Crippen LogP contribution in [-0.2, 0) is 34.6 Å². The molecule has 152 valence electrons. The van der Waals surface area contributed by atoms with Gasteiger partial charge in [0.15, 0.2) is 7.60 Å². The zero-order valence-electron chi connectivity index (χ0n) is 16.1. The topological polar surface area (TPSA) is 125 Å². The molecule has 2 aliphatic heterocycles. The van der Waals surface area contributed by atoms with Crippen LogP contribution in [0.15, 0.2) is 28.5 Å². The summed E-state index contributed by atoms with van der Waals surface area (Å²) in [5.74, 6) is -1.19. The Hall–Kier alpha value is -0.650. The minimum atomic E-state index is -4.53. The number of nitrogens with zero attached hydrogens (tertiary/aromatic N) is 1. The van der Waals surface area contributed by atoms with Crippen molar-refractivity contribution in [2.24, 2.45) is 0 Å². The van der Waals surface area contributed by atoms with E-state index in [1.165, 1.54) is 30.0 Å². The molecule has 9 nitrogen and oxygen atoms in total. The summed E-state index contributed by atoms with van der Waals surface area (Å²) in [6.07, 6.45) is 0.150. The molecule has 3 rings (SSSR count). The van der Waals surface area contributed by atoms with Crippen molar-refractivity contribution in [3.63, 3.8) is 0 Å². The van der Waals surface area contributed by atoms with Crippen LogP contribution in [0.25, 0.3) is 0 Å². The molecule has 1 saturated heterocycles. The fourth-order valence-corrected chi connectivity index (χ4v) is 6.32. The first-order chi connectivity index (χ1) is 13.2. The van der Waals surface area contributed by atoms with Gasteiger partial charge in [-0.05, 0) is 11.4 Å². The Balaban J connectivity index is 0.00000300. The van der Waals surface area contributed by atoms with Crippen LogP contribution in [0.1, 0.15) is 11.8 Å². The number of thiophene rings is 1. The molecule has 2 aliphatic rings. The van der Waals surface area contributed by atoms with Gasteiger partial charge >= 0.3 is 35.5 Å². The number of amides is 2. The average Bonchev–Trinajstić information content (AvgIpc) is 3.16. The van der Waals surface area contributed by atoms with Gasteiger partial charge in [0.1, 0.15) is 18.0 Å². The first-order valence-corrected chi connectivity index (χ1v) is 11.7. The number of nitrogens with one attached hydrogen (secondary N) is 1. The maximum absolute atomic E-state index is 12.6. The zero-order valence-corrected chi connectivity index (χ0v) is 20.6. The molecule has 13 heteroatoms. The van der Waals surface area contributed by atoms with Crippen LogP contribution in [0.3, 0.4) is 0 Å². The Morgan fingerprint density at radius 2 is 2.17 bits per heavy atom. The number of carbonyl (C=O) groups excluding carboxylic acids is 3. The molecule has 29 heavy (non-hydrogen) atoms. The van der Waals surface area contributed by atoms with E-state index in [9.17, 15) is 23.8 Å². The van der Waals surface area contributed by atoms with Crippen LogP contribution >= 0.6 is 30.7 Å². The molecule has 1 unspecified atom stereocenters. The Labute approximate surface area is 198 Å². The van der Waals surface area contributed by atoms with Crippen LogP contribution in [0.5, 0.6) is 0 Å². The minimum Gasteiger partial charge on any atom is -0.774 e. The second kappa shape index (κ2) is 10.1. The SMILES string of the molecule is COP(=O)([O-])C1=C(COC(C)=O)CS[C@H]2[C@H](NC(=O)Cc3cccs3)C(=O)N12.[Na+]. The van der Waals surface area contributed by atoms with Crippen molar-refractivity contribution in [3.8, 4) is 0 Å². The normalized spacial score (nSPS) is 22.7. The molecule has 1 fully saturated rings. The van der Waals surface area contributed by atoms with Crippen molar-refractivity contribution in [2.75, 3.05) is 19.5 Å². The van der Waals surface area contributed by atoms with Crippen LogP contribution in [0, 0.1) is 0 Å². The van der Waals surface area contributed by atoms with E-state index in [0.717, 1.165) is 16.9 Å². The first-order valence-electron chi connectivity index (χ1n) is 8.23. The van der Waals surface area contributed by atoms with E-state index < -0.39 is 30.9 Å². The standard InChI is InChI=1S/C16H19N2O7PS2.Na/c1-9(19)25-7-10-8-28-16-13(17-12(20)6-11-4-3-5-27-11)14(21)18(16)15(10)26(22,23)24-2;/h3-5,13,16H,6-8H2,1-2H3,(H,17,20)(H,22,23);/q;+1/p-1/t13-,16+;/m1./s1. The molecule has 3 heterocycles. The van der Waals surface area contributed by atoms with Crippen LogP contribution in [0.2, 0.25) is 0 Å². The van der Waals surface area contributed by atoms with E-state index in [4.69, 9.17) is 4.74 Å². The molecule has 0 saturated carbocycles. The summed E-state index contributed by atoms with van der Waals surface area (Å²) in [4.78, 5) is 50.3. The fourth-order valence-electron chi connectivity index (χ4n) is 2.92. The van der Waals surface area contributed by atoms with E-state index in [2.05, 4.69) is 9.84 Å². The second-order valence-corrected chi connectivity index (χ2v) is 10.0. The third-order valence-corrected chi connectivity index (χ3v) is 7.94. The summed E-state index contributed by atoms with van der Waals surface area (Å²) in [6.45, 7) is 0.958. The number of carbonyl (C=O) groups is 3. The van der Waals surface area contributed by atoms with Crippen molar-refractivity contribution < 1.29 is 62.7 Å². The van der Waals surface area contributed by atoms with E-state index in [1.807, 2.05) is 17.5 Å². The van der Waals surface area contributed by atoms with Crippen LogP contribution in [-0.4, -0.2) is 53.6 Å². The largest absolute Gasteiger partial charge is 1.00 e. The predicted octanol–water partition coefficient (Wildman–Crippen LogP) is -2.33. The Morgan fingerprint density at radius 3 is 2.76 bits per heavy atom. The number of thioether (sulfide) groups is 1. The molecular weight excluding hydrogens is 450 g/mol. The third kappa shape index (κ3) is 5.34. The summed E-state index contributed by atoms with van der Waals surface area (Å²) in [7, 11) is -3.53. The molecule has 0 radical (unpaired) electrons. The molecule has 0 spiro atoms. The van der Waals surface area contributed by atoms with Crippen molar-refractivity contribution in [1.29, 1.82) is 0 Å². The molecular formula is C16H18N2NaO7PS2. The molecule has 1 N–H and O–H groups in total. The number of β-lactam (4-membered cyclic amide) rings is 1. The van der Waals surface area contributed by atoms with Crippen molar-refractivity contribution in [3.05, 3.63) is 33.4 Å². The number of fused-ring (bicyclic) bond motifs is 1. The second-order valence-electron chi connectivity index (χ2n) is 6.10.